The number of allylic oxidation sites excluding steroid dienone is 2. The Morgan fingerprint density at radius 3 is 2.29 bits per heavy atom. The number of carbonyl (C=O) groups is 2. The molecule has 0 unspecified atom stereocenters. The van der Waals surface area contributed by atoms with E-state index in [4.69, 9.17) is 4.74 Å². The number of hydrogen-bond acceptors (Lipinski definition) is 3. The number of rotatable bonds is 5. The maximum Gasteiger partial charge on any atom is 0.407 e. The highest BCUT2D eigenvalue weighted by Crippen LogP contribution is 2.06. The molecule has 0 fully saturated rings. The van der Waals surface area contributed by atoms with Crippen LogP contribution in [0.25, 0.3) is 0 Å². The largest absolute Gasteiger partial charge is 0.444 e. The van der Waals surface area contributed by atoms with E-state index in [9.17, 15) is 9.59 Å². The van der Waals surface area contributed by atoms with E-state index < -0.39 is 11.7 Å². The number of alkyl carbamates (subject to hydrolysis) is 1. The van der Waals surface area contributed by atoms with Crippen molar-refractivity contribution in [3.05, 3.63) is 11.6 Å². The second kappa shape index (κ2) is 7.09. The molecule has 0 aromatic rings. The van der Waals surface area contributed by atoms with Gasteiger partial charge in [-0.25, -0.2) is 4.79 Å². The van der Waals surface area contributed by atoms with Crippen molar-refractivity contribution < 1.29 is 14.3 Å². The molecule has 0 saturated carbocycles. The lowest BCUT2D eigenvalue weighted by molar-refractivity contribution is -0.114. The van der Waals surface area contributed by atoms with Crippen LogP contribution in [0.2, 0.25) is 0 Å². The topological polar surface area (TPSA) is 55.4 Å². The molecule has 0 aromatic carbocycles. The summed E-state index contributed by atoms with van der Waals surface area (Å²) < 4.78 is 5.06. The summed E-state index contributed by atoms with van der Waals surface area (Å²) in [5.74, 6) is 0.0935. The SMILES string of the molecule is CC(C)=CC(=O)CCCNC(=O)OC(C)(C)C. The smallest absolute Gasteiger partial charge is 0.407 e. The lowest BCUT2D eigenvalue weighted by Gasteiger charge is -2.19. The summed E-state index contributed by atoms with van der Waals surface area (Å²) in [7, 11) is 0. The van der Waals surface area contributed by atoms with Gasteiger partial charge in [-0.2, -0.15) is 0 Å². The molecule has 0 aliphatic carbocycles. The monoisotopic (exact) mass is 241 g/mol. The van der Waals surface area contributed by atoms with E-state index in [-0.39, 0.29) is 5.78 Å². The van der Waals surface area contributed by atoms with Crippen LogP contribution >= 0.6 is 0 Å². The molecular weight excluding hydrogens is 218 g/mol. The van der Waals surface area contributed by atoms with E-state index in [1.807, 2.05) is 34.6 Å². The quantitative estimate of drug-likeness (QED) is 0.595. The number of amides is 1. The highest BCUT2D eigenvalue weighted by atomic mass is 16.6. The first-order valence-corrected chi connectivity index (χ1v) is 5.85. The summed E-state index contributed by atoms with van der Waals surface area (Å²) in [6.45, 7) is 9.66. The highest BCUT2D eigenvalue weighted by Gasteiger charge is 2.15. The Morgan fingerprint density at radius 1 is 1.24 bits per heavy atom. The van der Waals surface area contributed by atoms with Crippen LogP contribution in [0.4, 0.5) is 4.79 Å². The molecule has 0 bridgehead atoms. The molecule has 0 saturated heterocycles. The molecule has 0 heterocycles. The predicted molar refractivity (Wildman–Crippen MR) is 67.9 cm³/mol. The fourth-order valence-electron chi connectivity index (χ4n) is 1.16. The third-order valence-corrected chi connectivity index (χ3v) is 1.72. The van der Waals surface area contributed by atoms with Crippen LogP contribution in [0, 0.1) is 0 Å². The zero-order chi connectivity index (χ0) is 13.5. The number of hydrogen-bond donors (Lipinski definition) is 1. The Bertz CT molecular complexity index is 296. The lowest BCUT2D eigenvalue weighted by atomic mass is 10.1. The summed E-state index contributed by atoms with van der Waals surface area (Å²) in [5, 5.41) is 2.61. The molecule has 0 spiro atoms. The van der Waals surface area contributed by atoms with Crippen molar-refractivity contribution in [3.8, 4) is 0 Å². The van der Waals surface area contributed by atoms with Gasteiger partial charge in [0.15, 0.2) is 5.78 Å². The molecular formula is C13H23NO3. The second-order valence-electron chi connectivity index (χ2n) is 5.22. The van der Waals surface area contributed by atoms with Crippen LogP contribution < -0.4 is 5.32 Å². The van der Waals surface area contributed by atoms with Gasteiger partial charge in [0.1, 0.15) is 5.60 Å². The number of nitrogens with one attached hydrogen (secondary N) is 1. The van der Waals surface area contributed by atoms with Crippen LogP contribution in [0.5, 0.6) is 0 Å². The number of ether oxygens (including phenoxy) is 1. The van der Waals surface area contributed by atoms with E-state index in [0.29, 0.717) is 19.4 Å². The first-order valence-electron chi connectivity index (χ1n) is 5.85. The van der Waals surface area contributed by atoms with E-state index in [2.05, 4.69) is 5.32 Å². The Balaban J connectivity index is 3.69. The third-order valence-electron chi connectivity index (χ3n) is 1.72. The van der Waals surface area contributed by atoms with E-state index in [1.54, 1.807) is 6.08 Å². The maximum absolute atomic E-state index is 11.3. The van der Waals surface area contributed by atoms with Crippen LogP contribution in [0.1, 0.15) is 47.5 Å². The second-order valence-corrected chi connectivity index (χ2v) is 5.22. The third kappa shape index (κ3) is 11.0. The zero-order valence-corrected chi connectivity index (χ0v) is 11.4. The average molecular weight is 241 g/mol. The molecule has 17 heavy (non-hydrogen) atoms. The van der Waals surface area contributed by atoms with Gasteiger partial charge in [-0.15, -0.1) is 0 Å². The molecule has 98 valence electrons. The summed E-state index contributed by atoms with van der Waals surface area (Å²) in [4.78, 5) is 22.6. The predicted octanol–water partition coefficient (Wildman–Crippen LogP) is 2.83. The fourth-order valence-corrected chi connectivity index (χ4v) is 1.16. The molecule has 0 aromatic heterocycles. The summed E-state index contributed by atoms with van der Waals surface area (Å²) in [5.41, 5.74) is 0.511. The molecule has 1 amide bonds. The van der Waals surface area contributed by atoms with Crippen LogP contribution in [0.15, 0.2) is 11.6 Å². The molecule has 0 radical (unpaired) electrons. The van der Waals surface area contributed by atoms with Crippen molar-refractivity contribution in [1.29, 1.82) is 0 Å². The first kappa shape index (κ1) is 15.7. The zero-order valence-electron chi connectivity index (χ0n) is 11.4. The summed E-state index contributed by atoms with van der Waals surface area (Å²) in [6, 6.07) is 0. The van der Waals surface area contributed by atoms with Gasteiger partial charge < -0.3 is 10.1 Å². The van der Waals surface area contributed by atoms with Gasteiger partial charge >= 0.3 is 6.09 Å². The van der Waals surface area contributed by atoms with Crippen molar-refractivity contribution in [1.82, 2.24) is 5.32 Å². The van der Waals surface area contributed by atoms with Crippen molar-refractivity contribution in [2.45, 2.75) is 53.1 Å². The van der Waals surface area contributed by atoms with Gasteiger partial charge in [-0.05, 0) is 47.1 Å². The van der Waals surface area contributed by atoms with Gasteiger partial charge in [0, 0.05) is 13.0 Å². The number of carbonyl (C=O) groups excluding carboxylic acids is 2. The lowest BCUT2D eigenvalue weighted by Crippen LogP contribution is -2.33. The molecule has 0 rings (SSSR count). The minimum atomic E-state index is -0.484. The van der Waals surface area contributed by atoms with Crippen molar-refractivity contribution >= 4 is 11.9 Å². The fraction of sp³-hybridized carbons (Fsp3) is 0.692. The Morgan fingerprint density at radius 2 is 1.82 bits per heavy atom. The van der Waals surface area contributed by atoms with Crippen LogP contribution in [0.3, 0.4) is 0 Å². The summed E-state index contributed by atoms with van der Waals surface area (Å²) >= 11 is 0. The van der Waals surface area contributed by atoms with Gasteiger partial charge in [0.2, 0.25) is 0 Å². The minimum Gasteiger partial charge on any atom is -0.444 e. The Hall–Kier alpha value is -1.32. The van der Waals surface area contributed by atoms with Crippen LogP contribution in [-0.4, -0.2) is 24.0 Å². The number of ketones is 1. The first-order chi connectivity index (χ1) is 7.70. The average Bonchev–Trinajstić information content (AvgIpc) is 2.08. The molecule has 0 aliphatic heterocycles. The van der Waals surface area contributed by atoms with E-state index in [0.717, 1.165) is 5.57 Å². The van der Waals surface area contributed by atoms with Gasteiger partial charge in [-0.3, -0.25) is 4.79 Å². The molecule has 4 heteroatoms. The molecule has 4 nitrogen and oxygen atoms in total. The summed E-state index contributed by atoms with van der Waals surface area (Å²) in [6.07, 6.45) is 2.25. The van der Waals surface area contributed by atoms with Crippen molar-refractivity contribution in [3.63, 3.8) is 0 Å². The molecule has 0 aliphatic rings. The van der Waals surface area contributed by atoms with Gasteiger partial charge in [0.05, 0.1) is 0 Å². The van der Waals surface area contributed by atoms with Gasteiger partial charge in [0.25, 0.3) is 0 Å². The van der Waals surface area contributed by atoms with Crippen LogP contribution in [-0.2, 0) is 9.53 Å². The maximum atomic E-state index is 11.3. The highest BCUT2D eigenvalue weighted by molar-refractivity contribution is 5.90. The van der Waals surface area contributed by atoms with Crippen molar-refractivity contribution in [2.24, 2.45) is 0 Å². The standard InChI is InChI=1S/C13H23NO3/c1-10(2)9-11(15)7-6-8-14-12(16)17-13(3,4)5/h9H,6-8H2,1-5H3,(H,14,16). The Kier molecular flexibility index (Phi) is 6.54. The Labute approximate surface area is 103 Å². The van der Waals surface area contributed by atoms with E-state index in [1.165, 1.54) is 0 Å². The van der Waals surface area contributed by atoms with E-state index >= 15 is 0 Å². The molecule has 1 N–H and O–H groups in total. The minimum absolute atomic E-state index is 0.0935. The van der Waals surface area contributed by atoms with Crippen molar-refractivity contribution in [2.75, 3.05) is 6.54 Å². The molecule has 0 atom stereocenters. The van der Waals surface area contributed by atoms with Gasteiger partial charge in [-0.1, -0.05) is 5.57 Å². The normalized spacial score (nSPS) is 10.6.